The number of hydrogen-bond acceptors (Lipinski definition) is 6. The first kappa shape index (κ1) is 20.5. The van der Waals surface area contributed by atoms with Gasteiger partial charge in [0.25, 0.3) is 0 Å². The van der Waals surface area contributed by atoms with Crippen LogP contribution in [0.1, 0.15) is 27.0 Å². The van der Waals surface area contributed by atoms with Crippen LogP contribution in [-0.4, -0.2) is 63.5 Å². The zero-order chi connectivity index (χ0) is 20.0. The van der Waals surface area contributed by atoms with Crippen LogP contribution in [0.15, 0.2) is 36.8 Å². The predicted molar refractivity (Wildman–Crippen MR) is 107 cm³/mol. The lowest BCUT2D eigenvalue weighted by Crippen LogP contribution is -2.13. The predicted octanol–water partition coefficient (Wildman–Crippen LogP) is 2.92. The van der Waals surface area contributed by atoms with Crippen molar-refractivity contribution in [1.29, 1.82) is 0 Å². The van der Waals surface area contributed by atoms with Crippen LogP contribution in [0.5, 0.6) is 11.5 Å². The Balaban J connectivity index is 2.72. The molecular weight excluding hydrogens is 342 g/mol. The number of methoxy groups -OCH3 is 2. The van der Waals surface area contributed by atoms with Crippen LogP contribution >= 0.6 is 0 Å². The van der Waals surface area contributed by atoms with E-state index in [0.29, 0.717) is 12.1 Å². The molecule has 2 rings (SSSR count). The second-order valence-corrected chi connectivity index (χ2v) is 6.68. The summed E-state index contributed by atoms with van der Waals surface area (Å²) >= 11 is 0. The van der Waals surface area contributed by atoms with Gasteiger partial charge in [-0.25, -0.2) is 0 Å². The maximum absolute atomic E-state index is 11.5. The van der Waals surface area contributed by atoms with Crippen molar-refractivity contribution < 1.29 is 14.3 Å². The Morgan fingerprint density at radius 2 is 1.74 bits per heavy atom. The average molecular weight is 369 g/mol. The third-order valence-corrected chi connectivity index (χ3v) is 4.05. The number of carbonyl (C=O) groups excluding carboxylic acids is 1. The Hall–Kier alpha value is -2.86. The normalized spacial score (nSPS) is 11.4. The van der Waals surface area contributed by atoms with Crippen LogP contribution in [0.25, 0.3) is 5.57 Å². The quantitative estimate of drug-likeness (QED) is 0.667. The van der Waals surface area contributed by atoms with E-state index in [-0.39, 0.29) is 0 Å². The number of aromatic nitrogens is 1. The van der Waals surface area contributed by atoms with E-state index in [1.54, 1.807) is 32.7 Å². The van der Waals surface area contributed by atoms with Gasteiger partial charge < -0.3 is 19.3 Å². The van der Waals surface area contributed by atoms with E-state index in [1.807, 2.05) is 51.4 Å². The summed E-state index contributed by atoms with van der Waals surface area (Å²) in [6.45, 7) is 0.686. The number of nitrogens with zero attached hydrogens (tertiary/aromatic N) is 3. The fourth-order valence-corrected chi connectivity index (χ4v) is 2.90. The van der Waals surface area contributed by atoms with E-state index < -0.39 is 0 Å². The Bertz CT molecular complexity index is 804. The summed E-state index contributed by atoms with van der Waals surface area (Å²) in [5, 5.41) is 0. The van der Waals surface area contributed by atoms with Crippen molar-refractivity contribution in [2.75, 3.05) is 42.4 Å². The van der Waals surface area contributed by atoms with Gasteiger partial charge in [-0.05, 0) is 37.9 Å². The lowest BCUT2D eigenvalue weighted by molar-refractivity contribution is 0.112. The van der Waals surface area contributed by atoms with Gasteiger partial charge >= 0.3 is 0 Å². The van der Waals surface area contributed by atoms with Gasteiger partial charge in [-0.3, -0.25) is 9.78 Å². The van der Waals surface area contributed by atoms with Gasteiger partial charge in [0.15, 0.2) is 6.29 Å². The summed E-state index contributed by atoms with van der Waals surface area (Å²) < 4.78 is 11.3. The minimum absolute atomic E-state index is 0.577. The Labute approximate surface area is 161 Å². The Morgan fingerprint density at radius 3 is 2.22 bits per heavy atom. The highest BCUT2D eigenvalue weighted by Gasteiger charge is 2.18. The van der Waals surface area contributed by atoms with E-state index in [9.17, 15) is 4.79 Å². The number of benzene rings is 1. The molecule has 27 heavy (non-hydrogen) atoms. The standard InChI is InChI=1S/C21H27N3O3/c1-23(2)12-18(17-11-22-8-7-15(17)14-25)16-9-20(26-5)19(13-24(3)4)21(10-16)27-6/h7-12,14H,13H2,1-6H3/b18-12-. The van der Waals surface area contributed by atoms with Gasteiger partial charge in [-0.15, -0.1) is 0 Å². The van der Waals surface area contributed by atoms with Crippen molar-refractivity contribution in [3.8, 4) is 11.5 Å². The zero-order valence-electron chi connectivity index (χ0n) is 16.8. The lowest BCUT2D eigenvalue weighted by atomic mass is 9.94. The van der Waals surface area contributed by atoms with Gasteiger partial charge in [0.05, 0.1) is 19.8 Å². The molecule has 0 aliphatic heterocycles. The topological polar surface area (TPSA) is 54.9 Å². The third-order valence-electron chi connectivity index (χ3n) is 4.05. The maximum Gasteiger partial charge on any atom is 0.150 e. The minimum Gasteiger partial charge on any atom is -0.496 e. The number of carbonyl (C=O) groups is 1. The van der Waals surface area contributed by atoms with Crippen molar-refractivity contribution in [2.24, 2.45) is 0 Å². The van der Waals surface area contributed by atoms with E-state index in [4.69, 9.17) is 9.47 Å². The van der Waals surface area contributed by atoms with Crippen LogP contribution in [0.4, 0.5) is 0 Å². The van der Waals surface area contributed by atoms with E-state index >= 15 is 0 Å². The Morgan fingerprint density at radius 1 is 1.11 bits per heavy atom. The SMILES string of the molecule is COc1cc(/C(=C/N(C)C)c2cnccc2C=O)cc(OC)c1CN(C)C. The molecule has 0 spiro atoms. The van der Waals surface area contributed by atoms with E-state index in [1.165, 1.54) is 0 Å². The van der Waals surface area contributed by atoms with Gasteiger partial charge in [0.1, 0.15) is 11.5 Å². The summed E-state index contributed by atoms with van der Waals surface area (Å²) in [6.07, 6.45) is 6.12. The fourth-order valence-electron chi connectivity index (χ4n) is 2.90. The highest BCUT2D eigenvalue weighted by Crippen LogP contribution is 2.36. The molecule has 0 N–H and O–H groups in total. The fraction of sp³-hybridized carbons (Fsp3) is 0.333. The van der Waals surface area contributed by atoms with Crippen LogP contribution in [-0.2, 0) is 6.54 Å². The zero-order valence-corrected chi connectivity index (χ0v) is 16.8. The highest BCUT2D eigenvalue weighted by atomic mass is 16.5. The molecule has 6 nitrogen and oxygen atoms in total. The van der Waals surface area contributed by atoms with Gasteiger partial charge in [0.2, 0.25) is 0 Å². The van der Waals surface area contributed by atoms with Crippen LogP contribution in [0.2, 0.25) is 0 Å². The molecule has 0 radical (unpaired) electrons. The number of ether oxygens (including phenoxy) is 2. The summed E-state index contributed by atoms with van der Waals surface area (Å²) in [7, 11) is 11.2. The molecule has 2 aromatic rings. The van der Waals surface area contributed by atoms with Crippen molar-refractivity contribution in [2.45, 2.75) is 6.54 Å². The minimum atomic E-state index is 0.577. The number of rotatable bonds is 8. The highest BCUT2D eigenvalue weighted by molar-refractivity contribution is 5.90. The largest absolute Gasteiger partial charge is 0.496 e. The first-order chi connectivity index (χ1) is 12.9. The second kappa shape index (κ2) is 9.19. The lowest BCUT2D eigenvalue weighted by Gasteiger charge is -2.20. The molecule has 1 aromatic heterocycles. The van der Waals surface area contributed by atoms with Crippen molar-refractivity contribution in [1.82, 2.24) is 14.8 Å². The van der Waals surface area contributed by atoms with Crippen molar-refractivity contribution in [3.63, 3.8) is 0 Å². The summed E-state index contributed by atoms with van der Waals surface area (Å²) in [4.78, 5) is 19.7. The molecule has 6 heteroatoms. The van der Waals surface area contributed by atoms with Gasteiger partial charge in [-0.2, -0.15) is 0 Å². The van der Waals surface area contributed by atoms with Crippen LogP contribution < -0.4 is 9.47 Å². The molecule has 0 aliphatic rings. The first-order valence-electron chi connectivity index (χ1n) is 8.59. The maximum atomic E-state index is 11.5. The summed E-state index contributed by atoms with van der Waals surface area (Å²) in [5.41, 5.74) is 4.05. The molecule has 0 bridgehead atoms. The summed E-state index contributed by atoms with van der Waals surface area (Å²) in [5.74, 6) is 1.47. The van der Waals surface area contributed by atoms with Gasteiger partial charge in [-0.1, -0.05) is 0 Å². The van der Waals surface area contributed by atoms with E-state index in [0.717, 1.165) is 40.0 Å². The molecular formula is C21H27N3O3. The average Bonchev–Trinajstić information content (AvgIpc) is 2.65. The Kier molecular flexibility index (Phi) is 6.96. The van der Waals surface area contributed by atoms with Crippen LogP contribution in [0, 0.1) is 0 Å². The first-order valence-corrected chi connectivity index (χ1v) is 8.59. The van der Waals surface area contributed by atoms with Crippen molar-refractivity contribution in [3.05, 3.63) is 59.0 Å². The molecule has 0 saturated heterocycles. The van der Waals surface area contributed by atoms with Crippen molar-refractivity contribution >= 4 is 11.9 Å². The monoisotopic (exact) mass is 369 g/mol. The van der Waals surface area contributed by atoms with Crippen LogP contribution in [0.3, 0.4) is 0 Å². The molecule has 0 unspecified atom stereocenters. The molecule has 1 heterocycles. The molecule has 0 amide bonds. The second-order valence-electron chi connectivity index (χ2n) is 6.68. The number of hydrogen-bond donors (Lipinski definition) is 0. The molecule has 144 valence electrons. The molecule has 0 saturated carbocycles. The third kappa shape index (κ3) is 4.86. The number of pyridine rings is 1. The number of aldehydes is 1. The molecule has 1 aromatic carbocycles. The van der Waals surface area contributed by atoms with E-state index in [2.05, 4.69) is 9.88 Å². The molecule has 0 fully saturated rings. The smallest absolute Gasteiger partial charge is 0.150 e. The van der Waals surface area contributed by atoms with Gasteiger partial charge in [0, 0.05) is 55.9 Å². The summed E-state index contributed by atoms with van der Waals surface area (Å²) in [6, 6.07) is 5.65. The molecule has 0 atom stereocenters. The molecule has 0 aliphatic carbocycles.